The molecule has 2 amide bonds. The quantitative estimate of drug-likeness (QED) is 0.635. The highest BCUT2D eigenvalue weighted by Crippen LogP contribution is 2.19. The van der Waals surface area contributed by atoms with Crippen LogP contribution < -0.4 is 10.6 Å². The highest BCUT2D eigenvalue weighted by Gasteiger charge is 2.12. The summed E-state index contributed by atoms with van der Waals surface area (Å²) in [5.74, 6) is -0.206. The molecule has 0 aliphatic carbocycles. The van der Waals surface area contributed by atoms with Gasteiger partial charge in [0.15, 0.2) is 0 Å². The first kappa shape index (κ1) is 20.3. The van der Waals surface area contributed by atoms with Gasteiger partial charge in [-0.1, -0.05) is 42.3 Å². The number of rotatable bonds is 8. The zero-order chi connectivity index (χ0) is 18.9. The Balaban J connectivity index is 1.73. The molecule has 0 fully saturated rings. The molecule has 0 radical (unpaired) electrons. The molecule has 0 saturated heterocycles. The minimum absolute atomic E-state index is 0.0347. The molecular weight excluding hydrogens is 371 g/mol. The van der Waals surface area contributed by atoms with Crippen molar-refractivity contribution in [2.45, 2.75) is 32.2 Å². The van der Waals surface area contributed by atoms with Crippen LogP contribution >= 0.6 is 23.2 Å². The van der Waals surface area contributed by atoms with Gasteiger partial charge < -0.3 is 10.6 Å². The normalized spacial score (nSPS) is 11.7. The number of carbonyl (C=O) groups excluding carboxylic acids is 2. The maximum Gasteiger partial charge on any atom is 0.251 e. The highest BCUT2D eigenvalue weighted by atomic mass is 35.5. The van der Waals surface area contributed by atoms with E-state index in [9.17, 15) is 9.59 Å². The minimum Gasteiger partial charge on any atom is -0.352 e. The Bertz CT molecular complexity index is 730. The summed E-state index contributed by atoms with van der Waals surface area (Å²) >= 11 is 11.7. The molecule has 0 heterocycles. The molecule has 0 spiro atoms. The van der Waals surface area contributed by atoms with E-state index in [-0.39, 0.29) is 17.9 Å². The number of hydrogen-bond donors (Lipinski definition) is 2. The molecule has 1 atom stereocenters. The Morgan fingerprint density at radius 3 is 2.12 bits per heavy atom. The molecule has 1 unspecified atom stereocenters. The lowest BCUT2D eigenvalue weighted by molar-refractivity contribution is -0.122. The number of hydrogen-bond acceptors (Lipinski definition) is 2. The SMILES string of the molecule is CCC(NC(=O)CCCNC(=O)c1ccc(Cl)cc1)c1ccc(Cl)cc1. The monoisotopic (exact) mass is 392 g/mol. The molecule has 0 aromatic heterocycles. The highest BCUT2D eigenvalue weighted by molar-refractivity contribution is 6.30. The summed E-state index contributed by atoms with van der Waals surface area (Å²) in [4.78, 5) is 24.1. The van der Waals surface area contributed by atoms with Crippen LogP contribution in [0.3, 0.4) is 0 Å². The van der Waals surface area contributed by atoms with Crippen LogP contribution in [0.4, 0.5) is 0 Å². The van der Waals surface area contributed by atoms with Crippen LogP contribution in [-0.4, -0.2) is 18.4 Å². The van der Waals surface area contributed by atoms with Gasteiger partial charge in [0.25, 0.3) is 5.91 Å². The number of amides is 2. The van der Waals surface area contributed by atoms with Gasteiger partial charge in [0.1, 0.15) is 0 Å². The first-order valence-corrected chi connectivity index (χ1v) is 9.33. The third kappa shape index (κ3) is 6.36. The van der Waals surface area contributed by atoms with Crippen LogP contribution in [0, 0.1) is 0 Å². The molecule has 2 N–H and O–H groups in total. The van der Waals surface area contributed by atoms with Crippen molar-refractivity contribution in [3.05, 3.63) is 69.7 Å². The largest absolute Gasteiger partial charge is 0.352 e. The van der Waals surface area contributed by atoms with Gasteiger partial charge >= 0.3 is 0 Å². The standard InChI is InChI=1S/C20H22Cl2N2O2/c1-2-18(14-5-9-16(21)10-6-14)24-19(25)4-3-13-23-20(26)15-7-11-17(22)12-8-15/h5-12,18H,2-4,13H2,1H3,(H,23,26)(H,24,25). The average Bonchev–Trinajstić information content (AvgIpc) is 2.64. The molecule has 0 aliphatic heterocycles. The molecule has 4 nitrogen and oxygen atoms in total. The van der Waals surface area contributed by atoms with Crippen LogP contribution in [0.15, 0.2) is 48.5 Å². The number of nitrogens with one attached hydrogen (secondary N) is 2. The fourth-order valence-corrected chi connectivity index (χ4v) is 2.79. The third-order valence-electron chi connectivity index (χ3n) is 3.99. The van der Waals surface area contributed by atoms with Crippen LogP contribution in [0.5, 0.6) is 0 Å². The summed E-state index contributed by atoms with van der Waals surface area (Å²) in [6, 6.07) is 14.1. The molecule has 0 bridgehead atoms. The lowest BCUT2D eigenvalue weighted by atomic mass is 10.0. The number of benzene rings is 2. The first-order chi connectivity index (χ1) is 12.5. The molecule has 0 aliphatic rings. The molecule has 6 heteroatoms. The molecule has 0 saturated carbocycles. The minimum atomic E-state index is -0.172. The van der Waals surface area contributed by atoms with Gasteiger partial charge in [0.2, 0.25) is 5.91 Å². The lowest BCUT2D eigenvalue weighted by Crippen LogP contribution is -2.30. The topological polar surface area (TPSA) is 58.2 Å². The van der Waals surface area contributed by atoms with E-state index in [2.05, 4.69) is 10.6 Å². The maximum absolute atomic E-state index is 12.1. The summed E-state index contributed by atoms with van der Waals surface area (Å²) in [6.07, 6.45) is 1.72. The van der Waals surface area contributed by atoms with E-state index in [0.717, 1.165) is 12.0 Å². The van der Waals surface area contributed by atoms with E-state index in [1.54, 1.807) is 24.3 Å². The fourth-order valence-electron chi connectivity index (χ4n) is 2.54. The third-order valence-corrected chi connectivity index (χ3v) is 4.49. The number of carbonyl (C=O) groups is 2. The van der Waals surface area contributed by atoms with Crippen molar-refractivity contribution >= 4 is 35.0 Å². The van der Waals surface area contributed by atoms with Gasteiger partial charge in [-0.05, 0) is 54.8 Å². The van der Waals surface area contributed by atoms with Crippen molar-refractivity contribution in [2.75, 3.05) is 6.54 Å². The zero-order valence-corrected chi connectivity index (χ0v) is 16.1. The summed E-state index contributed by atoms with van der Waals surface area (Å²) in [7, 11) is 0. The molecular formula is C20H22Cl2N2O2. The summed E-state index contributed by atoms with van der Waals surface area (Å²) in [5, 5.41) is 7.08. The number of halogens is 2. The molecule has 2 rings (SSSR count). The molecule has 2 aromatic rings. The summed E-state index contributed by atoms with van der Waals surface area (Å²) < 4.78 is 0. The summed E-state index contributed by atoms with van der Waals surface area (Å²) in [5.41, 5.74) is 1.58. The average molecular weight is 393 g/mol. The van der Waals surface area contributed by atoms with E-state index in [1.165, 1.54) is 0 Å². The molecule has 2 aromatic carbocycles. The Labute approximate surface area is 163 Å². The van der Waals surface area contributed by atoms with E-state index in [0.29, 0.717) is 35.0 Å². The predicted octanol–water partition coefficient (Wildman–Crippen LogP) is 4.77. The van der Waals surface area contributed by atoms with Crippen LogP contribution in [0.2, 0.25) is 10.0 Å². The van der Waals surface area contributed by atoms with Crippen molar-refractivity contribution in [1.82, 2.24) is 10.6 Å². The second-order valence-corrected chi connectivity index (χ2v) is 6.82. The van der Waals surface area contributed by atoms with Gasteiger partial charge in [-0.2, -0.15) is 0 Å². The van der Waals surface area contributed by atoms with E-state index in [4.69, 9.17) is 23.2 Å². The van der Waals surface area contributed by atoms with Crippen molar-refractivity contribution < 1.29 is 9.59 Å². The van der Waals surface area contributed by atoms with Gasteiger partial charge in [0.05, 0.1) is 6.04 Å². The van der Waals surface area contributed by atoms with Crippen LogP contribution in [0.25, 0.3) is 0 Å². The van der Waals surface area contributed by atoms with Gasteiger partial charge in [-0.3, -0.25) is 9.59 Å². The molecule has 26 heavy (non-hydrogen) atoms. The second kappa shape index (κ2) is 10.2. The molecule has 138 valence electrons. The van der Waals surface area contributed by atoms with Crippen LogP contribution in [0.1, 0.15) is 48.1 Å². The predicted molar refractivity (Wildman–Crippen MR) is 106 cm³/mol. The summed E-state index contributed by atoms with van der Waals surface area (Å²) in [6.45, 7) is 2.46. The van der Waals surface area contributed by atoms with Gasteiger partial charge in [-0.25, -0.2) is 0 Å². The van der Waals surface area contributed by atoms with Gasteiger partial charge in [-0.15, -0.1) is 0 Å². The first-order valence-electron chi connectivity index (χ1n) is 8.58. The second-order valence-electron chi connectivity index (χ2n) is 5.95. The Morgan fingerprint density at radius 1 is 0.962 bits per heavy atom. The Kier molecular flexibility index (Phi) is 7.95. The maximum atomic E-state index is 12.1. The Hall–Kier alpha value is -2.04. The lowest BCUT2D eigenvalue weighted by Gasteiger charge is -2.17. The van der Waals surface area contributed by atoms with Crippen molar-refractivity contribution in [3.63, 3.8) is 0 Å². The smallest absolute Gasteiger partial charge is 0.251 e. The Morgan fingerprint density at radius 2 is 1.54 bits per heavy atom. The van der Waals surface area contributed by atoms with Crippen LogP contribution in [-0.2, 0) is 4.79 Å². The van der Waals surface area contributed by atoms with Crippen molar-refractivity contribution in [1.29, 1.82) is 0 Å². The van der Waals surface area contributed by atoms with E-state index in [1.807, 2.05) is 31.2 Å². The van der Waals surface area contributed by atoms with Crippen molar-refractivity contribution in [2.24, 2.45) is 0 Å². The van der Waals surface area contributed by atoms with E-state index < -0.39 is 0 Å². The van der Waals surface area contributed by atoms with Gasteiger partial charge in [0, 0.05) is 28.6 Å². The van der Waals surface area contributed by atoms with Crippen molar-refractivity contribution in [3.8, 4) is 0 Å². The van der Waals surface area contributed by atoms with E-state index >= 15 is 0 Å². The zero-order valence-electron chi connectivity index (χ0n) is 14.6. The fraction of sp³-hybridized carbons (Fsp3) is 0.300.